The second-order valence-corrected chi connectivity index (χ2v) is 2.75. The monoisotopic (exact) mass is 176 g/mol. The van der Waals surface area contributed by atoms with Crippen molar-refractivity contribution in [2.24, 2.45) is 0 Å². The molecule has 0 amide bonds. The van der Waals surface area contributed by atoms with Crippen LogP contribution in [0.2, 0.25) is 0 Å². The Morgan fingerprint density at radius 3 is 2.36 bits per heavy atom. The maximum absolute atomic E-state index is 10.2. The highest BCUT2D eigenvalue weighted by molar-refractivity contribution is 7.74. The molecule has 0 fully saturated rings. The van der Waals surface area contributed by atoms with Gasteiger partial charge >= 0.3 is 5.97 Å². The van der Waals surface area contributed by atoms with E-state index < -0.39 is 21.1 Å². The fourth-order valence-corrected chi connectivity index (χ4v) is 0.922. The fourth-order valence-electron chi connectivity index (χ4n) is 0.495. The van der Waals surface area contributed by atoms with E-state index in [-0.39, 0.29) is 6.42 Å². The summed E-state index contributed by atoms with van der Waals surface area (Å²) < 4.78 is 20.4. The number of rotatable bonds is 4. The summed E-state index contributed by atoms with van der Waals surface area (Å²) in [5.74, 6) is -1.39. The maximum Gasteiger partial charge on any atom is 0.347 e. The van der Waals surface area contributed by atoms with E-state index in [1.165, 1.54) is 6.08 Å². The van der Waals surface area contributed by atoms with Crippen LogP contribution >= 0.6 is 0 Å². The highest BCUT2D eigenvalue weighted by atomic mass is 32.2. The van der Waals surface area contributed by atoms with Crippen LogP contribution in [0.25, 0.3) is 0 Å². The molecule has 0 heterocycles. The summed E-state index contributed by atoms with van der Waals surface area (Å²) in [5, 5.41) is 8.31. The Kier molecular flexibility index (Phi) is 4.21. The summed E-state index contributed by atoms with van der Waals surface area (Å²) in [4.78, 5) is 9.69. The zero-order valence-corrected chi connectivity index (χ0v) is 6.60. The number of allylic oxidation sites excluding steroid dienone is 1. The first-order valence-corrected chi connectivity index (χ1v) is 3.96. The summed E-state index contributed by atoms with van der Waals surface area (Å²) >= 11 is 0. The molecule has 0 aliphatic heterocycles. The largest absolute Gasteiger partial charge is 0.477 e. The van der Waals surface area contributed by atoms with E-state index >= 15 is 0 Å². The van der Waals surface area contributed by atoms with Gasteiger partial charge in [-0.2, -0.15) is 8.42 Å². The Hall–Kier alpha value is -1.10. The Bertz CT molecular complexity index is 278. The molecule has 0 aromatic carbocycles. The standard InChI is InChI=1S/C6H8O4S/c1-2-3-4-5(6(7)8)11(9)10/h2H,1,3-4H2,(H,7,8). The Morgan fingerprint density at radius 2 is 2.09 bits per heavy atom. The first kappa shape index (κ1) is 9.90. The molecule has 0 aliphatic carbocycles. The topological polar surface area (TPSA) is 71.4 Å². The molecule has 62 valence electrons. The number of aliphatic carboxylic acids is 1. The fraction of sp³-hybridized carbons (Fsp3) is 0.333. The van der Waals surface area contributed by atoms with Crippen molar-refractivity contribution in [1.82, 2.24) is 0 Å². The lowest BCUT2D eigenvalue weighted by Crippen LogP contribution is -2.13. The van der Waals surface area contributed by atoms with Crippen LogP contribution in [0.4, 0.5) is 0 Å². The zero-order chi connectivity index (χ0) is 8.85. The lowest BCUT2D eigenvalue weighted by atomic mass is 10.2. The molecule has 0 aromatic heterocycles. The normalized spacial score (nSPS) is 8.73. The maximum atomic E-state index is 10.2. The highest BCUT2D eigenvalue weighted by Gasteiger charge is 2.09. The lowest BCUT2D eigenvalue weighted by Gasteiger charge is -1.90. The predicted molar refractivity (Wildman–Crippen MR) is 41.0 cm³/mol. The molecule has 1 N–H and O–H groups in total. The van der Waals surface area contributed by atoms with Gasteiger partial charge in [0, 0.05) is 0 Å². The van der Waals surface area contributed by atoms with E-state index in [1.807, 2.05) is 0 Å². The second-order valence-electron chi connectivity index (χ2n) is 1.79. The summed E-state index contributed by atoms with van der Waals surface area (Å²) in [5.41, 5.74) is 0. The second kappa shape index (κ2) is 4.68. The van der Waals surface area contributed by atoms with Gasteiger partial charge in [-0.25, -0.2) is 4.79 Å². The predicted octanol–water partition coefficient (Wildman–Crippen LogP) is 0.0887. The van der Waals surface area contributed by atoms with Crippen molar-refractivity contribution in [3.63, 3.8) is 0 Å². The van der Waals surface area contributed by atoms with Crippen LogP contribution in [0.5, 0.6) is 0 Å². The van der Waals surface area contributed by atoms with Crippen molar-refractivity contribution < 1.29 is 18.3 Å². The average molecular weight is 176 g/mol. The molecule has 0 saturated carbocycles. The van der Waals surface area contributed by atoms with Crippen molar-refractivity contribution in [1.29, 1.82) is 0 Å². The van der Waals surface area contributed by atoms with Crippen LogP contribution in [0.3, 0.4) is 0 Å². The molecule has 0 atom stereocenters. The number of carboxylic acids is 1. The average Bonchev–Trinajstić information content (AvgIpc) is 1.87. The van der Waals surface area contributed by atoms with E-state index in [0.29, 0.717) is 6.42 Å². The summed E-state index contributed by atoms with van der Waals surface area (Å²) in [7, 11) is -2.62. The molecule has 0 rings (SSSR count). The lowest BCUT2D eigenvalue weighted by molar-refractivity contribution is -0.129. The SMILES string of the molecule is C=CCCC(C(=O)O)=S(=O)=O. The minimum Gasteiger partial charge on any atom is -0.477 e. The van der Waals surface area contributed by atoms with E-state index in [2.05, 4.69) is 6.58 Å². The Morgan fingerprint density at radius 1 is 1.55 bits per heavy atom. The van der Waals surface area contributed by atoms with E-state index in [4.69, 9.17) is 5.11 Å². The quantitative estimate of drug-likeness (QED) is 0.486. The number of carbonyl (C=O) groups is 1. The van der Waals surface area contributed by atoms with Gasteiger partial charge in [0.1, 0.15) is 0 Å². The van der Waals surface area contributed by atoms with Crippen molar-refractivity contribution in [2.45, 2.75) is 12.8 Å². The minimum absolute atomic E-state index is 0.00887. The molecule has 0 spiro atoms. The van der Waals surface area contributed by atoms with Gasteiger partial charge in [0.05, 0.1) is 0 Å². The van der Waals surface area contributed by atoms with Gasteiger partial charge in [0.25, 0.3) is 0 Å². The van der Waals surface area contributed by atoms with Crippen LogP contribution in [0.1, 0.15) is 12.8 Å². The third-order valence-corrected chi connectivity index (χ3v) is 1.80. The molecule has 11 heavy (non-hydrogen) atoms. The molecule has 4 nitrogen and oxygen atoms in total. The molecule has 0 aliphatic rings. The van der Waals surface area contributed by atoms with Crippen LogP contribution in [-0.2, 0) is 15.1 Å². The molecule has 0 saturated heterocycles. The van der Waals surface area contributed by atoms with E-state index in [1.54, 1.807) is 0 Å². The Balaban J connectivity index is 4.53. The van der Waals surface area contributed by atoms with Crippen LogP contribution in [-0.4, -0.2) is 24.4 Å². The third kappa shape index (κ3) is 3.57. The van der Waals surface area contributed by atoms with Gasteiger partial charge in [0.15, 0.2) is 4.86 Å². The van der Waals surface area contributed by atoms with Crippen molar-refractivity contribution in [3.05, 3.63) is 12.7 Å². The van der Waals surface area contributed by atoms with Gasteiger partial charge in [-0.3, -0.25) is 0 Å². The number of hydrogen-bond acceptors (Lipinski definition) is 3. The van der Waals surface area contributed by atoms with Gasteiger partial charge in [0.2, 0.25) is 10.3 Å². The molecule has 0 bridgehead atoms. The minimum atomic E-state index is -2.62. The molecule has 0 aromatic rings. The first-order chi connectivity index (χ1) is 5.09. The molecule has 0 radical (unpaired) electrons. The Labute approximate surface area is 65.7 Å². The summed E-state index contributed by atoms with van der Waals surface area (Å²) in [6.45, 7) is 3.34. The van der Waals surface area contributed by atoms with E-state index in [9.17, 15) is 13.2 Å². The van der Waals surface area contributed by atoms with Gasteiger partial charge in [-0.1, -0.05) is 6.08 Å². The van der Waals surface area contributed by atoms with Crippen LogP contribution < -0.4 is 0 Å². The molecular formula is C6H8O4S. The molecule has 5 heteroatoms. The van der Waals surface area contributed by atoms with Crippen molar-refractivity contribution in [2.75, 3.05) is 0 Å². The van der Waals surface area contributed by atoms with E-state index in [0.717, 1.165) is 0 Å². The summed E-state index contributed by atoms with van der Waals surface area (Å²) in [6, 6.07) is 0. The van der Waals surface area contributed by atoms with Crippen molar-refractivity contribution in [3.8, 4) is 0 Å². The van der Waals surface area contributed by atoms with Crippen molar-refractivity contribution >= 4 is 21.1 Å². The number of carboxylic acid groups (broad SMARTS) is 1. The first-order valence-electron chi connectivity index (χ1n) is 2.89. The van der Waals surface area contributed by atoms with Crippen LogP contribution in [0.15, 0.2) is 12.7 Å². The summed E-state index contributed by atoms with van der Waals surface area (Å²) in [6.07, 6.45) is 1.83. The zero-order valence-electron chi connectivity index (χ0n) is 5.78. The smallest absolute Gasteiger partial charge is 0.347 e. The highest BCUT2D eigenvalue weighted by Crippen LogP contribution is 1.92. The van der Waals surface area contributed by atoms with Gasteiger partial charge in [-0.05, 0) is 12.8 Å². The third-order valence-electron chi connectivity index (χ3n) is 1.02. The van der Waals surface area contributed by atoms with Crippen LogP contribution in [0, 0.1) is 0 Å². The molecule has 0 unspecified atom stereocenters. The van der Waals surface area contributed by atoms with Gasteiger partial charge in [-0.15, -0.1) is 6.58 Å². The number of hydrogen-bond donors (Lipinski definition) is 1. The van der Waals surface area contributed by atoms with Gasteiger partial charge < -0.3 is 5.11 Å². The molecular weight excluding hydrogens is 168 g/mol.